The lowest BCUT2D eigenvalue weighted by atomic mass is 10.2. The number of hydrogen-bond donors (Lipinski definition) is 0. The van der Waals surface area contributed by atoms with Crippen molar-refractivity contribution in [2.24, 2.45) is 4.99 Å². The largest absolute Gasteiger partial charge is 0.465 e. The van der Waals surface area contributed by atoms with Crippen molar-refractivity contribution in [2.75, 3.05) is 12.9 Å². The van der Waals surface area contributed by atoms with E-state index in [-0.39, 0.29) is 10.6 Å². The van der Waals surface area contributed by atoms with E-state index < -0.39 is 16.8 Å². The van der Waals surface area contributed by atoms with Gasteiger partial charge in [0.15, 0.2) is 0 Å². The Morgan fingerprint density at radius 1 is 1.45 bits per heavy atom. The van der Waals surface area contributed by atoms with E-state index in [4.69, 9.17) is 11.6 Å². The van der Waals surface area contributed by atoms with Crippen molar-refractivity contribution in [2.45, 2.75) is 19.3 Å². The van der Waals surface area contributed by atoms with Crippen molar-refractivity contribution < 1.29 is 13.7 Å². The van der Waals surface area contributed by atoms with Crippen LogP contribution in [-0.2, 0) is 15.5 Å². The van der Waals surface area contributed by atoms with Gasteiger partial charge in [-0.2, -0.15) is 0 Å². The van der Waals surface area contributed by atoms with E-state index in [0.29, 0.717) is 27.4 Å². The third kappa shape index (κ3) is 3.30. The van der Waals surface area contributed by atoms with Crippen LogP contribution in [0.4, 0.5) is 5.69 Å². The SMILES string of the molecule is COC(=O)c1ccc(Br)c(N=C2CCCCS2=O)c1Cl. The molecule has 0 spiro atoms. The summed E-state index contributed by atoms with van der Waals surface area (Å²) in [5.41, 5.74) is 0.679. The number of esters is 1. The quantitative estimate of drug-likeness (QED) is 0.734. The molecule has 20 heavy (non-hydrogen) atoms. The smallest absolute Gasteiger partial charge is 0.339 e. The van der Waals surface area contributed by atoms with E-state index in [2.05, 4.69) is 25.7 Å². The zero-order valence-corrected chi connectivity index (χ0v) is 14.0. The van der Waals surface area contributed by atoms with Gasteiger partial charge in [0, 0.05) is 10.2 Å². The number of hydrogen-bond acceptors (Lipinski definition) is 4. The second-order valence-corrected chi connectivity index (χ2v) is 7.06. The Hall–Kier alpha value is -0.720. The first-order chi connectivity index (χ1) is 9.54. The first-order valence-corrected chi connectivity index (χ1v) is 8.56. The standard InChI is InChI=1S/C13H13BrClNO3S/c1-19-13(17)8-5-6-9(14)12(11(8)15)16-10-4-2-3-7-20(10)18/h5-6H,2-4,7H2,1H3. The van der Waals surface area contributed by atoms with Gasteiger partial charge in [0.1, 0.15) is 5.04 Å². The molecule has 1 saturated heterocycles. The molecule has 0 aliphatic carbocycles. The van der Waals surface area contributed by atoms with Crippen molar-refractivity contribution in [3.63, 3.8) is 0 Å². The summed E-state index contributed by atoms with van der Waals surface area (Å²) in [4.78, 5) is 16.0. The molecular formula is C13H13BrClNO3S. The third-order valence-corrected chi connectivity index (χ3v) is 5.44. The first kappa shape index (κ1) is 15.7. The lowest BCUT2D eigenvalue weighted by molar-refractivity contribution is 0.0601. The molecule has 1 aliphatic rings. The van der Waals surface area contributed by atoms with Gasteiger partial charge in [0.05, 0.1) is 34.2 Å². The van der Waals surface area contributed by atoms with Gasteiger partial charge in [-0.1, -0.05) is 11.6 Å². The number of rotatable bonds is 2. The maximum absolute atomic E-state index is 11.9. The monoisotopic (exact) mass is 377 g/mol. The molecule has 0 radical (unpaired) electrons. The van der Waals surface area contributed by atoms with Gasteiger partial charge in [-0.25, -0.2) is 9.79 Å². The molecule has 108 valence electrons. The Kier molecular flexibility index (Phi) is 5.35. The van der Waals surface area contributed by atoms with Gasteiger partial charge < -0.3 is 4.74 Å². The minimum atomic E-state index is -1.06. The molecule has 0 saturated carbocycles. The molecule has 1 aliphatic heterocycles. The Bertz CT molecular complexity index is 604. The summed E-state index contributed by atoms with van der Waals surface area (Å²) >= 11 is 9.57. The fraction of sp³-hybridized carbons (Fsp3) is 0.385. The zero-order valence-electron chi connectivity index (χ0n) is 10.8. The number of nitrogens with zero attached hydrogens (tertiary/aromatic N) is 1. The molecule has 0 bridgehead atoms. The molecule has 4 nitrogen and oxygen atoms in total. The topological polar surface area (TPSA) is 55.7 Å². The van der Waals surface area contributed by atoms with Crippen LogP contribution in [0.25, 0.3) is 0 Å². The first-order valence-electron chi connectivity index (χ1n) is 6.07. The van der Waals surface area contributed by atoms with Crippen LogP contribution in [-0.4, -0.2) is 28.1 Å². The predicted molar refractivity (Wildman–Crippen MR) is 84.4 cm³/mol. The second-order valence-electron chi connectivity index (χ2n) is 4.26. The Labute approximate surface area is 133 Å². The van der Waals surface area contributed by atoms with Gasteiger partial charge >= 0.3 is 5.97 Å². The van der Waals surface area contributed by atoms with E-state index >= 15 is 0 Å². The third-order valence-electron chi connectivity index (χ3n) is 2.94. The van der Waals surface area contributed by atoms with E-state index in [0.717, 1.165) is 12.8 Å². The number of carbonyl (C=O) groups excluding carboxylic acids is 1. The zero-order chi connectivity index (χ0) is 14.7. The lowest BCUT2D eigenvalue weighted by Gasteiger charge is -2.13. The normalized spacial score (nSPS) is 20.9. The van der Waals surface area contributed by atoms with Gasteiger partial charge in [0.25, 0.3) is 0 Å². The Morgan fingerprint density at radius 3 is 2.85 bits per heavy atom. The summed E-state index contributed by atoms with van der Waals surface area (Å²) in [5.74, 6) is 0.110. The highest BCUT2D eigenvalue weighted by atomic mass is 79.9. The molecule has 2 rings (SSSR count). The predicted octanol–water partition coefficient (Wildman–Crippen LogP) is 3.85. The van der Waals surface area contributed by atoms with Gasteiger partial charge in [-0.05, 0) is 47.3 Å². The summed E-state index contributed by atoms with van der Waals surface area (Å²) in [5, 5.41) is 0.835. The molecule has 0 N–H and O–H groups in total. The van der Waals surface area contributed by atoms with Crippen LogP contribution >= 0.6 is 27.5 Å². The highest BCUT2D eigenvalue weighted by Crippen LogP contribution is 2.37. The van der Waals surface area contributed by atoms with Crippen LogP contribution in [0.5, 0.6) is 0 Å². The van der Waals surface area contributed by atoms with Crippen LogP contribution in [0.2, 0.25) is 5.02 Å². The molecule has 1 heterocycles. The van der Waals surface area contributed by atoms with Crippen LogP contribution in [0.15, 0.2) is 21.6 Å². The van der Waals surface area contributed by atoms with Crippen molar-refractivity contribution in [1.29, 1.82) is 0 Å². The lowest BCUT2D eigenvalue weighted by Crippen LogP contribution is -2.16. The van der Waals surface area contributed by atoms with Gasteiger partial charge in [-0.3, -0.25) is 4.21 Å². The number of halogens is 2. The molecule has 1 aromatic carbocycles. The molecule has 0 amide bonds. The van der Waals surface area contributed by atoms with E-state index in [1.165, 1.54) is 7.11 Å². The van der Waals surface area contributed by atoms with Crippen LogP contribution in [0.3, 0.4) is 0 Å². The minimum Gasteiger partial charge on any atom is -0.465 e. The maximum Gasteiger partial charge on any atom is 0.339 e. The van der Waals surface area contributed by atoms with Crippen molar-refractivity contribution in [3.05, 3.63) is 27.2 Å². The molecular weight excluding hydrogens is 366 g/mol. The van der Waals surface area contributed by atoms with E-state index in [9.17, 15) is 9.00 Å². The summed E-state index contributed by atoms with van der Waals surface area (Å²) < 4.78 is 17.3. The number of aliphatic imine (C=N–C) groups is 1. The molecule has 1 unspecified atom stereocenters. The summed E-state index contributed by atoms with van der Waals surface area (Å²) in [6.45, 7) is 0. The second kappa shape index (κ2) is 6.83. The summed E-state index contributed by atoms with van der Waals surface area (Å²) in [7, 11) is 0.234. The molecule has 1 fully saturated rings. The molecule has 1 atom stereocenters. The van der Waals surface area contributed by atoms with Crippen molar-refractivity contribution in [1.82, 2.24) is 0 Å². The molecule has 1 aromatic rings. The summed E-state index contributed by atoms with van der Waals surface area (Å²) in [6, 6.07) is 3.25. The van der Waals surface area contributed by atoms with Gasteiger partial charge in [-0.15, -0.1) is 0 Å². The highest BCUT2D eigenvalue weighted by molar-refractivity contribution is 9.10. The number of benzene rings is 1. The Balaban J connectivity index is 2.48. The van der Waals surface area contributed by atoms with Crippen LogP contribution in [0.1, 0.15) is 29.6 Å². The van der Waals surface area contributed by atoms with Gasteiger partial charge in [0.2, 0.25) is 0 Å². The van der Waals surface area contributed by atoms with E-state index in [1.54, 1.807) is 12.1 Å². The Morgan fingerprint density at radius 2 is 2.20 bits per heavy atom. The molecule has 0 aromatic heterocycles. The van der Waals surface area contributed by atoms with E-state index in [1.807, 2.05) is 0 Å². The summed E-state index contributed by atoms with van der Waals surface area (Å²) in [6.07, 6.45) is 2.61. The number of methoxy groups -OCH3 is 1. The fourth-order valence-corrected chi connectivity index (χ4v) is 3.97. The number of carbonyl (C=O) groups is 1. The van der Waals surface area contributed by atoms with Crippen molar-refractivity contribution in [3.8, 4) is 0 Å². The molecule has 7 heteroatoms. The van der Waals surface area contributed by atoms with Crippen molar-refractivity contribution >= 4 is 55.0 Å². The minimum absolute atomic E-state index is 0.210. The number of ether oxygens (including phenoxy) is 1. The maximum atomic E-state index is 11.9. The average molecular weight is 379 g/mol. The van der Waals surface area contributed by atoms with Crippen LogP contribution in [0, 0.1) is 0 Å². The average Bonchev–Trinajstić information content (AvgIpc) is 2.44. The fourth-order valence-electron chi connectivity index (χ4n) is 1.88. The highest BCUT2D eigenvalue weighted by Gasteiger charge is 2.20. The van der Waals surface area contributed by atoms with Crippen LogP contribution < -0.4 is 0 Å².